The Morgan fingerprint density at radius 1 is 1.35 bits per heavy atom. The first kappa shape index (κ1) is 14.2. The summed E-state index contributed by atoms with van der Waals surface area (Å²) in [6, 6.07) is 1.94. The largest absolute Gasteiger partial charge is 0.469 e. The Bertz CT molecular complexity index is 426. The summed E-state index contributed by atoms with van der Waals surface area (Å²) < 4.78 is 11.6. The predicted molar refractivity (Wildman–Crippen MR) is 77.5 cm³/mol. The van der Waals surface area contributed by atoms with E-state index in [1.165, 1.54) is 32.1 Å². The molecular formula is C17H26O3. The number of aryl methyl sites for hydroxylation is 1. The zero-order valence-electron chi connectivity index (χ0n) is 12.4. The van der Waals surface area contributed by atoms with Gasteiger partial charge >= 0.3 is 0 Å². The molecular weight excluding hydrogens is 252 g/mol. The van der Waals surface area contributed by atoms with Crippen molar-refractivity contribution in [3.8, 4) is 0 Å². The lowest BCUT2D eigenvalue weighted by Crippen LogP contribution is -2.42. The van der Waals surface area contributed by atoms with Gasteiger partial charge in [0.05, 0.1) is 18.0 Å². The molecule has 0 bridgehead atoms. The molecule has 0 aromatic carbocycles. The molecule has 0 amide bonds. The van der Waals surface area contributed by atoms with Gasteiger partial charge < -0.3 is 14.3 Å². The van der Waals surface area contributed by atoms with Gasteiger partial charge in [0.25, 0.3) is 0 Å². The number of hydrogen-bond donors (Lipinski definition) is 1. The van der Waals surface area contributed by atoms with Crippen LogP contribution in [-0.2, 0) is 11.2 Å². The highest BCUT2D eigenvalue weighted by molar-refractivity contribution is 5.21. The molecule has 112 valence electrons. The molecule has 0 radical (unpaired) electrons. The second-order valence-corrected chi connectivity index (χ2v) is 6.44. The summed E-state index contributed by atoms with van der Waals surface area (Å²) in [6.07, 6.45) is 10.3. The molecule has 2 unspecified atom stereocenters. The van der Waals surface area contributed by atoms with Crippen molar-refractivity contribution in [1.29, 1.82) is 0 Å². The number of aliphatic hydroxyl groups excluding tert-OH is 1. The number of furan rings is 1. The van der Waals surface area contributed by atoms with Crippen molar-refractivity contribution in [1.82, 2.24) is 0 Å². The van der Waals surface area contributed by atoms with Gasteiger partial charge in [-0.05, 0) is 37.7 Å². The fraction of sp³-hybridized carbons (Fsp3) is 0.765. The van der Waals surface area contributed by atoms with Gasteiger partial charge in [0, 0.05) is 18.6 Å². The van der Waals surface area contributed by atoms with Crippen LogP contribution in [0.3, 0.4) is 0 Å². The first-order valence-electron chi connectivity index (χ1n) is 8.12. The van der Waals surface area contributed by atoms with Gasteiger partial charge in [-0.15, -0.1) is 0 Å². The van der Waals surface area contributed by atoms with Crippen LogP contribution in [0, 0.1) is 5.92 Å². The Labute approximate surface area is 121 Å². The number of ether oxygens (including phenoxy) is 1. The maximum absolute atomic E-state index is 10.7. The molecule has 3 rings (SSSR count). The summed E-state index contributed by atoms with van der Waals surface area (Å²) >= 11 is 0. The summed E-state index contributed by atoms with van der Waals surface area (Å²) in [5.74, 6) is 1.24. The molecule has 3 nitrogen and oxygen atoms in total. The summed E-state index contributed by atoms with van der Waals surface area (Å²) in [5, 5.41) is 10.7. The predicted octanol–water partition coefficient (Wildman–Crippen LogP) is 4.00. The molecule has 3 heteroatoms. The van der Waals surface area contributed by atoms with E-state index in [0.717, 1.165) is 37.2 Å². The van der Waals surface area contributed by atoms with Crippen molar-refractivity contribution >= 4 is 0 Å². The van der Waals surface area contributed by atoms with Gasteiger partial charge in [0.15, 0.2) is 0 Å². The minimum atomic E-state index is -0.397. The van der Waals surface area contributed by atoms with Gasteiger partial charge in [0.1, 0.15) is 5.76 Å². The highest BCUT2D eigenvalue weighted by atomic mass is 16.5. The van der Waals surface area contributed by atoms with E-state index < -0.39 is 6.10 Å². The van der Waals surface area contributed by atoms with Crippen molar-refractivity contribution in [2.24, 2.45) is 5.92 Å². The van der Waals surface area contributed by atoms with Crippen molar-refractivity contribution in [3.05, 3.63) is 23.7 Å². The topological polar surface area (TPSA) is 42.6 Å². The maximum atomic E-state index is 10.7. The van der Waals surface area contributed by atoms with Gasteiger partial charge in [-0.1, -0.05) is 26.2 Å². The lowest BCUT2D eigenvalue weighted by atomic mass is 9.74. The first-order valence-corrected chi connectivity index (χ1v) is 8.12. The molecule has 1 aliphatic carbocycles. The number of aliphatic hydroxyl groups is 1. The van der Waals surface area contributed by atoms with Crippen LogP contribution in [0.1, 0.15) is 69.3 Å². The summed E-state index contributed by atoms with van der Waals surface area (Å²) in [6.45, 7) is 2.86. The van der Waals surface area contributed by atoms with Crippen LogP contribution in [-0.4, -0.2) is 17.3 Å². The second-order valence-electron chi connectivity index (χ2n) is 6.44. The highest BCUT2D eigenvalue weighted by Gasteiger charge is 2.41. The third-order valence-corrected chi connectivity index (χ3v) is 5.16. The Kier molecular flexibility index (Phi) is 4.18. The Morgan fingerprint density at radius 3 is 2.90 bits per heavy atom. The average molecular weight is 278 g/mol. The summed E-state index contributed by atoms with van der Waals surface area (Å²) in [4.78, 5) is 0. The molecule has 1 aliphatic heterocycles. The van der Waals surface area contributed by atoms with E-state index in [4.69, 9.17) is 9.15 Å². The van der Waals surface area contributed by atoms with E-state index in [-0.39, 0.29) is 5.60 Å². The molecule has 1 saturated heterocycles. The Hall–Kier alpha value is -0.800. The molecule has 1 spiro atoms. The van der Waals surface area contributed by atoms with Crippen molar-refractivity contribution in [3.63, 3.8) is 0 Å². The minimum Gasteiger partial charge on any atom is -0.469 e. The van der Waals surface area contributed by atoms with Crippen LogP contribution < -0.4 is 0 Å². The summed E-state index contributed by atoms with van der Waals surface area (Å²) in [7, 11) is 0. The maximum Gasteiger partial charge on any atom is 0.109 e. The third kappa shape index (κ3) is 2.66. The third-order valence-electron chi connectivity index (χ3n) is 5.16. The average Bonchev–Trinajstić information content (AvgIpc) is 2.96. The summed E-state index contributed by atoms with van der Waals surface area (Å²) in [5.41, 5.74) is 1.04. The van der Waals surface area contributed by atoms with Gasteiger partial charge in [-0.2, -0.15) is 0 Å². The highest BCUT2D eigenvalue weighted by Crippen LogP contribution is 2.44. The first-order chi connectivity index (χ1) is 9.74. The van der Waals surface area contributed by atoms with Crippen LogP contribution in [0.5, 0.6) is 0 Å². The molecule has 1 aromatic heterocycles. The van der Waals surface area contributed by atoms with Crippen LogP contribution in [0.2, 0.25) is 0 Å². The van der Waals surface area contributed by atoms with Crippen molar-refractivity contribution in [2.75, 3.05) is 6.61 Å². The minimum absolute atomic E-state index is 0.0538. The van der Waals surface area contributed by atoms with Crippen LogP contribution in [0.15, 0.2) is 16.7 Å². The van der Waals surface area contributed by atoms with Crippen molar-refractivity contribution < 1.29 is 14.3 Å². The quantitative estimate of drug-likeness (QED) is 0.908. The van der Waals surface area contributed by atoms with E-state index in [9.17, 15) is 5.11 Å². The van der Waals surface area contributed by atoms with Crippen LogP contribution in [0.4, 0.5) is 0 Å². The standard InChI is InChI=1S/C17H26O3/c1-2-15-14(7-10-19-15)16(18)13-6-11-20-17(12-13)8-4-3-5-9-17/h7,10,13,16,18H,2-6,8-9,11-12H2,1H3. The number of rotatable bonds is 3. The van der Waals surface area contributed by atoms with E-state index >= 15 is 0 Å². The molecule has 2 atom stereocenters. The van der Waals surface area contributed by atoms with Crippen LogP contribution >= 0.6 is 0 Å². The second kappa shape index (κ2) is 5.90. The van der Waals surface area contributed by atoms with Gasteiger partial charge in [-0.25, -0.2) is 0 Å². The molecule has 20 heavy (non-hydrogen) atoms. The normalized spacial score (nSPS) is 27.6. The van der Waals surface area contributed by atoms with E-state index in [1.807, 2.05) is 6.07 Å². The van der Waals surface area contributed by atoms with Crippen LogP contribution in [0.25, 0.3) is 0 Å². The Morgan fingerprint density at radius 2 is 2.15 bits per heavy atom. The smallest absolute Gasteiger partial charge is 0.109 e. The zero-order chi connectivity index (χ0) is 14.0. The monoisotopic (exact) mass is 278 g/mol. The molecule has 2 heterocycles. The molecule has 1 N–H and O–H groups in total. The lowest BCUT2D eigenvalue weighted by Gasteiger charge is -2.44. The molecule has 1 aromatic rings. The number of hydrogen-bond acceptors (Lipinski definition) is 3. The van der Waals surface area contributed by atoms with Gasteiger partial charge in [-0.3, -0.25) is 0 Å². The van der Waals surface area contributed by atoms with Gasteiger partial charge in [0.2, 0.25) is 0 Å². The van der Waals surface area contributed by atoms with E-state index in [2.05, 4.69) is 6.92 Å². The zero-order valence-corrected chi connectivity index (χ0v) is 12.4. The fourth-order valence-electron chi connectivity index (χ4n) is 4.04. The van der Waals surface area contributed by atoms with E-state index in [1.54, 1.807) is 6.26 Å². The van der Waals surface area contributed by atoms with E-state index in [0.29, 0.717) is 5.92 Å². The molecule has 1 saturated carbocycles. The molecule has 2 fully saturated rings. The SMILES string of the molecule is CCc1occc1C(O)C1CCOC2(CCCCC2)C1. The molecule has 2 aliphatic rings. The Balaban J connectivity index is 1.73. The fourth-order valence-corrected chi connectivity index (χ4v) is 4.04. The lowest BCUT2D eigenvalue weighted by molar-refractivity contribution is -0.134. The van der Waals surface area contributed by atoms with Crippen molar-refractivity contribution in [2.45, 2.75) is 70.0 Å².